The Bertz CT molecular complexity index is 1140. The van der Waals surface area contributed by atoms with Gasteiger partial charge in [-0.2, -0.15) is 4.31 Å². The summed E-state index contributed by atoms with van der Waals surface area (Å²) in [6, 6.07) is 9.76. The van der Waals surface area contributed by atoms with Crippen molar-refractivity contribution in [3.8, 4) is 5.75 Å². The van der Waals surface area contributed by atoms with Crippen LogP contribution in [0.15, 0.2) is 41.3 Å². The number of methoxy groups -OCH3 is 1. The number of hydrogen-bond acceptors (Lipinski definition) is 6. The number of sulfonamides is 1. The van der Waals surface area contributed by atoms with Gasteiger partial charge in [-0.05, 0) is 80.6 Å². The molecule has 0 radical (unpaired) electrons. The molecule has 1 aliphatic heterocycles. The quantitative estimate of drug-likeness (QED) is 0.537. The fourth-order valence-electron chi connectivity index (χ4n) is 3.97. The van der Waals surface area contributed by atoms with Crippen LogP contribution < -0.4 is 10.1 Å². The highest BCUT2D eigenvalue weighted by Gasteiger charge is 2.26. The summed E-state index contributed by atoms with van der Waals surface area (Å²) in [4.78, 5) is 24.7. The molecule has 2 aromatic carbocycles. The lowest BCUT2D eigenvalue weighted by Gasteiger charge is -2.26. The summed E-state index contributed by atoms with van der Waals surface area (Å²) in [5.41, 5.74) is 2.43. The van der Waals surface area contributed by atoms with Gasteiger partial charge in [0.25, 0.3) is 0 Å². The van der Waals surface area contributed by atoms with Crippen LogP contribution in [0.25, 0.3) is 0 Å². The van der Waals surface area contributed by atoms with Gasteiger partial charge in [-0.3, -0.25) is 4.79 Å². The van der Waals surface area contributed by atoms with E-state index in [0.717, 1.165) is 24.8 Å². The van der Waals surface area contributed by atoms with Gasteiger partial charge in [-0.25, -0.2) is 13.2 Å². The number of carbonyl (C=O) groups is 2. The molecule has 34 heavy (non-hydrogen) atoms. The SMILES string of the molecule is CCOC(=O)c1ccc(NC(=O)CCc2cc(S(=O)(=O)N3CCCCC3)ccc2OC)c(C)c1. The first-order chi connectivity index (χ1) is 16.3. The van der Waals surface area contributed by atoms with Crippen molar-refractivity contribution >= 4 is 27.6 Å². The molecule has 1 aliphatic rings. The van der Waals surface area contributed by atoms with E-state index in [1.165, 1.54) is 11.4 Å². The molecule has 0 spiro atoms. The molecule has 2 aromatic rings. The maximum absolute atomic E-state index is 13.0. The molecule has 1 heterocycles. The van der Waals surface area contributed by atoms with Crippen LogP contribution in [0.2, 0.25) is 0 Å². The minimum Gasteiger partial charge on any atom is -0.496 e. The molecule has 0 aromatic heterocycles. The van der Waals surface area contributed by atoms with Crippen LogP contribution in [0, 0.1) is 6.92 Å². The lowest BCUT2D eigenvalue weighted by atomic mass is 10.1. The molecule has 0 bridgehead atoms. The van der Waals surface area contributed by atoms with Crippen molar-refractivity contribution in [2.24, 2.45) is 0 Å². The Morgan fingerprint density at radius 1 is 1.06 bits per heavy atom. The van der Waals surface area contributed by atoms with E-state index in [2.05, 4.69) is 5.32 Å². The molecular weight excluding hydrogens is 456 g/mol. The van der Waals surface area contributed by atoms with E-state index < -0.39 is 16.0 Å². The summed E-state index contributed by atoms with van der Waals surface area (Å²) in [6.07, 6.45) is 3.23. The van der Waals surface area contributed by atoms with Crippen LogP contribution in [0.4, 0.5) is 5.69 Å². The summed E-state index contributed by atoms with van der Waals surface area (Å²) in [5.74, 6) is -0.0892. The molecule has 9 heteroatoms. The van der Waals surface area contributed by atoms with E-state index >= 15 is 0 Å². The summed E-state index contributed by atoms with van der Waals surface area (Å²) in [6.45, 7) is 4.89. The topological polar surface area (TPSA) is 102 Å². The van der Waals surface area contributed by atoms with Crippen LogP contribution in [0.5, 0.6) is 5.75 Å². The highest BCUT2D eigenvalue weighted by Crippen LogP contribution is 2.27. The fourth-order valence-corrected chi connectivity index (χ4v) is 5.54. The van der Waals surface area contributed by atoms with Gasteiger partial charge in [-0.15, -0.1) is 0 Å². The van der Waals surface area contributed by atoms with Gasteiger partial charge in [0.05, 0.1) is 24.2 Å². The number of carbonyl (C=O) groups excluding carboxylic acids is 2. The van der Waals surface area contributed by atoms with Gasteiger partial charge in [0.2, 0.25) is 15.9 Å². The highest BCUT2D eigenvalue weighted by atomic mass is 32.2. The minimum absolute atomic E-state index is 0.142. The summed E-state index contributed by atoms with van der Waals surface area (Å²) in [7, 11) is -2.06. The summed E-state index contributed by atoms with van der Waals surface area (Å²) >= 11 is 0. The normalized spacial score (nSPS) is 14.4. The van der Waals surface area contributed by atoms with Crippen molar-refractivity contribution in [1.29, 1.82) is 0 Å². The number of amides is 1. The summed E-state index contributed by atoms with van der Waals surface area (Å²) in [5, 5.41) is 2.85. The van der Waals surface area contributed by atoms with Crippen molar-refractivity contribution in [3.05, 3.63) is 53.1 Å². The first-order valence-electron chi connectivity index (χ1n) is 11.5. The third kappa shape index (κ3) is 6.15. The number of aryl methyl sites for hydroxylation is 2. The highest BCUT2D eigenvalue weighted by molar-refractivity contribution is 7.89. The Labute approximate surface area is 201 Å². The third-order valence-corrected chi connectivity index (χ3v) is 7.73. The van der Waals surface area contributed by atoms with E-state index in [4.69, 9.17) is 9.47 Å². The Hall–Kier alpha value is -2.91. The second-order valence-electron chi connectivity index (χ2n) is 8.24. The monoisotopic (exact) mass is 488 g/mol. The van der Waals surface area contributed by atoms with Crippen molar-refractivity contribution in [2.75, 3.05) is 32.1 Å². The first kappa shape index (κ1) is 25.7. The molecule has 1 N–H and O–H groups in total. The Morgan fingerprint density at radius 3 is 2.44 bits per heavy atom. The van der Waals surface area contributed by atoms with Crippen LogP contribution >= 0.6 is 0 Å². The number of benzene rings is 2. The smallest absolute Gasteiger partial charge is 0.338 e. The van der Waals surface area contributed by atoms with Crippen molar-refractivity contribution in [2.45, 2.75) is 50.8 Å². The lowest BCUT2D eigenvalue weighted by molar-refractivity contribution is -0.116. The van der Waals surface area contributed by atoms with E-state index in [1.54, 1.807) is 50.2 Å². The van der Waals surface area contributed by atoms with Gasteiger partial charge in [0.15, 0.2) is 0 Å². The van der Waals surface area contributed by atoms with Gasteiger partial charge in [0, 0.05) is 25.2 Å². The second-order valence-corrected chi connectivity index (χ2v) is 10.2. The molecule has 0 atom stereocenters. The third-order valence-electron chi connectivity index (χ3n) is 5.84. The Balaban J connectivity index is 1.69. The number of nitrogens with zero attached hydrogens (tertiary/aromatic N) is 1. The average molecular weight is 489 g/mol. The predicted molar refractivity (Wildman–Crippen MR) is 130 cm³/mol. The van der Waals surface area contributed by atoms with E-state index in [0.29, 0.717) is 48.7 Å². The van der Waals surface area contributed by atoms with Crippen molar-refractivity contribution in [1.82, 2.24) is 4.31 Å². The van der Waals surface area contributed by atoms with Gasteiger partial charge in [0.1, 0.15) is 5.75 Å². The molecule has 0 aliphatic carbocycles. The van der Waals surface area contributed by atoms with Gasteiger partial charge in [-0.1, -0.05) is 6.42 Å². The lowest BCUT2D eigenvalue weighted by Crippen LogP contribution is -2.35. The zero-order valence-corrected chi connectivity index (χ0v) is 20.7. The predicted octanol–water partition coefficient (Wildman–Crippen LogP) is 3.93. The molecule has 1 saturated heterocycles. The number of rotatable bonds is 9. The number of esters is 1. The first-order valence-corrected chi connectivity index (χ1v) is 12.9. The standard InChI is InChI=1S/C25H32N2O6S/c1-4-33-25(29)20-8-11-22(18(2)16-20)26-24(28)13-9-19-17-21(10-12-23(19)32-3)34(30,31)27-14-6-5-7-15-27/h8,10-12,16-17H,4-7,9,13-15H2,1-3H3,(H,26,28). The maximum atomic E-state index is 13.0. The Morgan fingerprint density at radius 2 is 1.79 bits per heavy atom. The van der Waals surface area contributed by atoms with Crippen LogP contribution in [-0.4, -0.2) is 51.4 Å². The molecule has 1 fully saturated rings. The number of hydrogen-bond donors (Lipinski definition) is 1. The molecular formula is C25H32N2O6S. The average Bonchev–Trinajstić information content (AvgIpc) is 2.84. The fraction of sp³-hybridized carbons (Fsp3) is 0.440. The zero-order valence-electron chi connectivity index (χ0n) is 19.9. The second kappa shape index (κ2) is 11.5. The zero-order chi connectivity index (χ0) is 24.7. The number of anilines is 1. The molecule has 0 saturated carbocycles. The Kier molecular flexibility index (Phi) is 8.68. The number of ether oxygens (including phenoxy) is 2. The van der Waals surface area contributed by atoms with E-state index in [9.17, 15) is 18.0 Å². The summed E-state index contributed by atoms with van der Waals surface area (Å²) < 4.78 is 38.0. The molecule has 8 nitrogen and oxygen atoms in total. The molecule has 1 amide bonds. The van der Waals surface area contributed by atoms with Crippen LogP contribution in [0.1, 0.15) is 54.1 Å². The molecule has 0 unspecified atom stereocenters. The van der Waals surface area contributed by atoms with Gasteiger partial charge < -0.3 is 14.8 Å². The molecule has 184 valence electrons. The van der Waals surface area contributed by atoms with E-state index in [1.807, 2.05) is 0 Å². The largest absolute Gasteiger partial charge is 0.496 e. The van der Waals surface area contributed by atoms with Gasteiger partial charge >= 0.3 is 5.97 Å². The number of nitrogens with one attached hydrogen (secondary N) is 1. The van der Waals surface area contributed by atoms with Crippen LogP contribution in [-0.2, 0) is 26.0 Å². The van der Waals surface area contributed by atoms with E-state index in [-0.39, 0.29) is 17.2 Å². The van der Waals surface area contributed by atoms with Crippen molar-refractivity contribution in [3.63, 3.8) is 0 Å². The van der Waals surface area contributed by atoms with Crippen molar-refractivity contribution < 1.29 is 27.5 Å². The maximum Gasteiger partial charge on any atom is 0.338 e. The number of piperidine rings is 1. The van der Waals surface area contributed by atoms with Crippen LogP contribution in [0.3, 0.4) is 0 Å². The minimum atomic E-state index is -3.58. The molecule has 3 rings (SSSR count).